The van der Waals surface area contributed by atoms with Gasteiger partial charge in [-0.05, 0) is 44.5 Å². The molecule has 0 radical (unpaired) electrons. The molecule has 0 fully saturated rings. The summed E-state index contributed by atoms with van der Waals surface area (Å²) in [6.45, 7) is 5.91. The Morgan fingerprint density at radius 2 is 2.04 bits per heavy atom. The third-order valence-electron chi connectivity index (χ3n) is 3.70. The van der Waals surface area contributed by atoms with Gasteiger partial charge < -0.3 is 15.1 Å². The minimum absolute atomic E-state index is 0.0216. The lowest BCUT2D eigenvalue weighted by molar-refractivity contribution is -0.118. The molecule has 0 saturated heterocycles. The minimum atomic E-state index is -0.335. The topological polar surface area (TPSA) is 71.3 Å². The van der Waals surface area contributed by atoms with Crippen LogP contribution in [0, 0.1) is 6.92 Å². The number of carbonyl (C=O) groups excluding carboxylic acids is 2. The summed E-state index contributed by atoms with van der Waals surface area (Å²) in [4.78, 5) is 25.0. The Bertz CT molecular complexity index is 748. The lowest BCUT2D eigenvalue weighted by Crippen LogP contribution is -2.39. The summed E-state index contributed by atoms with van der Waals surface area (Å²) in [5.41, 5.74) is 1.63. The molecule has 25 heavy (non-hydrogen) atoms. The molecule has 2 aromatic rings. The molecule has 5 nitrogen and oxygen atoms in total. The van der Waals surface area contributed by atoms with E-state index in [2.05, 4.69) is 17.6 Å². The maximum absolute atomic E-state index is 12.6. The third kappa shape index (κ3) is 5.64. The molecule has 2 N–H and O–H groups in total. The highest BCUT2D eigenvalue weighted by Crippen LogP contribution is 2.09. The highest BCUT2D eigenvalue weighted by molar-refractivity contribution is 6.05. The van der Waals surface area contributed by atoms with Gasteiger partial charge >= 0.3 is 0 Å². The summed E-state index contributed by atoms with van der Waals surface area (Å²) < 4.78 is 5.27. The third-order valence-corrected chi connectivity index (χ3v) is 3.70. The van der Waals surface area contributed by atoms with Crippen LogP contribution in [0.2, 0.25) is 0 Å². The van der Waals surface area contributed by atoms with Crippen molar-refractivity contribution in [1.29, 1.82) is 0 Å². The quantitative estimate of drug-likeness (QED) is 0.756. The molecular weight excluding hydrogens is 316 g/mol. The molecule has 2 amide bonds. The fourth-order valence-electron chi connectivity index (χ4n) is 2.46. The molecule has 0 spiro atoms. The second-order valence-corrected chi connectivity index (χ2v) is 6.06. The van der Waals surface area contributed by atoms with Gasteiger partial charge in [0.2, 0.25) is 0 Å². The van der Waals surface area contributed by atoms with E-state index in [4.69, 9.17) is 4.42 Å². The van der Waals surface area contributed by atoms with Gasteiger partial charge in [-0.25, -0.2) is 0 Å². The smallest absolute Gasteiger partial charge is 0.268 e. The highest BCUT2D eigenvalue weighted by Gasteiger charge is 2.17. The van der Waals surface area contributed by atoms with Crippen LogP contribution in [-0.4, -0.2) is 17.9 Å². The predicted molar refractivity (Wildman–Crippen MR) is 97.8 cm³/mol. The molecule has 132 valence electrons. The Hall–Kier alpha value is -2.82. The largest absolute Gasteiger partial charge is 0.465 e. The Balaban J connectivity index is 2.20. The lowest BCUT2D eigenvalue weighted by atomic mass is 10.1. The number of carbonyl (C=O) groups is 2. The van der Waals surface area contributed by atoms with Crippen LogP contribution in [0.25, 0.3) is 6.08 Å². The molecule has 5 heteroatoms. The first kappa shape index (κ1) is 18.5. The fourth-order valence-corrected chi connectivity index (χ4v) is 2.46. The van der Waals surface area contributed by atoms with Crippen molar-refractivity contribution in [2.45, 2.75) is 39.7 Å². The van der Waals surface area contributed by atoms with E-state index in [9.17, 15) is 9.59 Å². The number of aryl methyl sites for hydroxylation is 1. The summed E-state index contributed by atoms with van der Waals surface area (Å²) in [5.74, 6) is -0.170. The van der Waals surface area contributed by atoms with Crippen LogP contribution < -0.4 is 10.6 Å². The summed E-state index contributed by atoms with van der Waals surface area (Å²) in [5, 5.41) is 5.59. The van der Waals surface area contributed by atoms with Crippen LogP contribution in [0.15, 0.2) is 52.8 Å². The van der Waals surface area contributed by atoms with Crippen LogP contribution in [0.5, 0.6) is 0 Å². The first-order chi connectivity index (χ1) is 12.0. The van der Waals surface area contributed by atoms with E-state index in [1.54, 1.807) is 24.3 Å². The summed E-state index contributed by atoms with van der Waals surface area (Å²) in [6, 6.07) is 10.7. The van der Waals surface area contributed by atoms with E-state index in [-0.39, 0.29) is 23.6 Å². The Morgan fingerprint density at radius 1 is 1.24 bits per heavy atom. The normalized spacial score (nSPS) is 12.5. The maximum Gasteiger partial charge on any atom is 0.268 e. The predicted octanol–water partition coefficient (Wildman–Crippen LogP) is 3.66. The van der Waals surface area contributed by atoms with Gasteiger partial charge in [-0.3, -0.25) is 9.59 Å². The van der Waals surface area contributed by atoms with Crippen molar-refractivity contribution < 1.29 is 14.0 Å². The average molecular weight is 340 g/mol. The van der Waals surface area contributed by atoms with Gasteiger partial charge in [-0.1, -0.05) is 31.0 Å². The molecule has 1 aromatic carbocycles. The lowest BCUT2D eigenvalue weighted by Gasteiger charge is -2.15. The molecule has 0 aliphatic carbocycles. The summed E-state index contributed by atoms with van der Waals surface area (Å²) in [7, 11) is 0. The van der Waals surface area contributed by atoms with Gasteiger partial charge in [0, 0.05) is 17.7 Å². The van der Waals surface area contributed by atoms with Crippen LogP contribution in [0.3, 0.4) is 0 Å². The fraction of sp³-hybridized carbons (Fsp3) is 0.300. The van der Waals surface area contributed by atoms with Gasteiger partial charge in [0.25, 0.3) is 11.8 Å². The SMILES string of the molecule is CCC[C@H](C)NC(=O)/C(=C/c1ccco1)NC(=O)c1cccc(C)c1. The van der Waals surface area contributed by atoms with Crippen molar-refractivity contribution in [3.8, 4) is 0 Å². The number of amides is 2. The second kappa shape index (κ2) is 8.87. The second-order valence-electron chi connectivity index (χ2n) is 6.06. The van der Waals surface area contributed by atoms with Crippen molar-refractivity contribution in [3.63, 3.8) is 0 Å². The molecule has 0 bridgehead atoms. The standard InChI is InChI=1S/C20H24N2O3/c1-4-7-15(3)21-20(24)18(13-17-10-6-11-25-17)22-19(23)16-9-5-8-14(2)12-16/h5-6,8-13,15H,4,7H2,1-3H3,(H,21,24)(H,22,23)/b18-13-/t15-/m0/s1. The van der Waals surface area contributed by atoms with Crippen LogP contribution >= 0.6 is 0 Å². The Morgan fingerprint density at radius 3 is 2.68 bits per heavy atom. The van der Waals surface area contributed by atoms with Crippen molar-refractivity contribution in [3.05, 3.63) is 65.2 Å². The first-order valence-corrected chi connectivity index (χ1v) is 8.43. The van der Waals surface area contributed by atoms with Crippen LogP contribution in [0.4, 0.5) is 0 Å². The molecule has 2 rings (SSSR count). The van der Waals surface area contributed by atoms with Gasteiger partial charge in [0.15, 0.2) is 0 Å². The minimum Gasteiger partial charge on any atom is -0.465 e. The zero-order valence-corrected chi connectivity index (χ0v) is 14.8. The van der Waals surface area contributed by atoms with Gasteiger partial charge in [-0.15, -0.1) is 0 Å². The van der Waals surface area contributed by atoms with Crippen molar-refractivity contribution in [1.82, 2.24) is 10.6 Å². The monoisotopic (exact) mass is 340 g/mol. The van der Waals surface area contributed by atoms with E-state index >= 15 is 0 Å². The molecule has 1 heterocycles. The van der Waals surface area contributed by atoms with Crippen molar-refractivity contribution >= 4 is 17.9 Å². The van der Waals surface area contributed by atoms with Crippen LogP contribution in [0.1, 0.15) is 48.4 Å². The summed E-state index contributed by atoms with van der Waals surface area (Å²) in [6.07, 6.45) is 4.88. The van der Waals surface area contributed by atoms with Gasteiger partial charge in [0.1, 0.15) is 11.5 Å². The zero-order valence-electron chi connectivity index (χ0n) is 14.8. The number of hydrogen-bond donors (Lipinski definition) is 2. The average Bonchev–Trinajstić information content (AvgIpc) is 3.07. The number of furan rings is 1. The maximum atomic E-state index is 12.6. The van der Waals surface area contributed by atoms with E-state index < -0.39 is 0 Å². The van der Waals surface area contributed by atoms with E-state index in [0.717, 1.165) is 18.4 Å². The molecule has 0 aliphatic rings. The first-order valence-electron chi connectivity index (χ1n) is 8.43. The molecule has 0 saturated carbocycles. The number of hydrogen-bond acceptors (Lipinski definition) is 3. The zero-order chi connectivity index (χ0) is 18.2. The molecule has 0 aliphatic heterocycles. The van der Waals surface area contributed by atoms with Crippen molar-refractivity contribution in [2.75, 3.05) is 0 Å². The van der Waals surface area contributed by atoms with E-state index in [1.807, 2.05) is 26.0 Å². The van der Waals surface area contributed by atoms with E-state index in [1.165, 1.54) is 12.3 Å². The Kier molecular flexibility index (Phi) is 6.57. The Labute approximate surface area is 148 Å². The molecule has 0 unspecified atom stereocenters. The highest BCUT2D eigenvalue weighted by atomic mass is 16.3. The summed E-state index contributed by atoms with van der Waals surface area (Å²) >= 11 is 0. The van der Waals surface area contributed by atoms with E-state index in [0.29, 0.717) is 11.3 Å². The van der Waals surface area contributed by atoms with Gasteiger partial charge in [0.05, 0.1) is 6.26 Å². The molecular formula is C20H24N2O3. The number of rotatable bonds is 7. The molecule has 1 atom stereocenters. The van der Waals surface area contributed by atoms with Gasteiger partial charge in [-0.2, -0.15) is 0 Å². The molecule has 1 aromatic heterocycles. The number of nitrogens with one attached hydrogen (secondary N) is 2. The van der Waals surface area contributed by atoms with Crippen LogP contribution in [-0.2, 0) is 4.79 Å². The number of benzene rings is 1. The van der Waals surface area contributed by atoms with Crippen molar-refractivity contribution in [2.24, 2.45) is 0 Å².